The van der Waals surface area contributed by atoms with E-state index in [4.69, 9.17) is 14.7 Å². The third-order valence-corrected chi connectivity index (χ3v) is 3.87. The fourth-order valence-corrected chi connectivity index (χ4v) is 2.60. The van der Waals surface area contributed by atoms with Crippen molar-refractivity contribution < 1.29 is 19.1 Å². The van der Waals surface area contributed by atoms with Crippen LogP contribution >= 0.6 is 11.3 Å². The summed E-state index contributed by atoms with van der Waals surface area (Å²) in [6.07, 6.45) is -0.365. The van der Waals surface area contributed by atoms with Gasteiger partial charge in [0.25, 0.3) is 5.91 Å². The van der Waals surface area contributed by atoms with Crippen LogP contribution in [0.4, 0.5) is 5.00 Å². The molecular formula is C17H16N2O4S. The highest BCUT2D eigenvalue weighted by molar-refractivity contribution is 7.14. The van der Waals surface area contributed by atoms with Crippen LogP contribution in [0, 0.1) is 11.3 Å². The van der Waals surface area contributed by atoms with Gasteiger partial charge in [0.15, 0.2) is 12.7 Å². The van der Waals surface area contributed by atoms with Gasteiger partial charge in [-0.2, -0.15) is 5.26 Å². The first-order valence-electron chi connectivity index (χ1n) is 7.29. The van der Waals surface area contributed by atoms with E-state index in [1.54, 1.807) is 42.6 Å². The summed E-state index contributed by atoms with van der Waals surface area (Å²) >= 11 is 1.23. The lowest BCUT2D eigenvalue weighted by Crippen LogP contribution is -2.31. The van der Waals surface area contributed by atoms with Gasteiger partial charge in [-0.3, -0.25) is 4.79 Å². The molecule has 6 nitrogen and oxygen atoms in total. The average Bonchev–Trinajstić information content (AvgIpc) is 3.05. The second-order valence-corrected chi connectivity index (χ2v) is 5.68. The van der Waals surface area contributed by atoms with Crippen LogP contribution in [-0.2, 0) is 14.3 Å². The Morgan fingerprint density at radius 1 is 1.29 bits per heavy atom. The lowest BCUT2D eigenvalue weighted by atomic mass is 10.2. The van der Waals surface area contributed by atoms with Gasteiger partial charge in [0.1, 0.15) is 16.8 Å². The summed E-state index contributed by atoms with van der Waals surface area (Å²) in [7, 11) is 0. The van der Waals surface area contributed by atoms with Crippen LogP contribution in [0.3, 0.4) is 0 Å². The molecule has 0 saturated heterocycles. The monoisotopic (exact) mass is 344 g/mol. The summed E-state index contributed by atoms with van der Waals surface area (Å²) < 4.78 is 10.5. The molecule has 124 valence electrons. The molecule has 2 aromatic rings. The van der Waals surface area contributed by atoms with E-state index in [9.17, 15) is 9.59 Å². The van der Waals surface area contributed by atoms with Gasteiger partial charge in [-0.25, -0.2) is 4.79 Å². The molecular weight excluding hydrogens is 328 g/mol. The lowest BCUT2D eigenvalue weighted by Gasteiger charge is -2.16. The van der Waals surface area contributed by atoms with Crippen molar-refractivity contribution in [2.45, 2.75) is 19.4 Å². The predicted octanol–water partition coefficient (Wildman–Crippen LogP) is 2.96. The van der Waals surface area contributed by atoms with E-state index in [1.807, 2.05) is 12.1 Å². The normalized spacial score (nSPS) is 11.2. The minimum atomic E-state index is -0.781. The highest BCUT2D eigenvalue weighted by atomic mass is 32.1. The molecule has 0 aliphatic carbocycles. The summed E-state index contributed by atoms with van der Waals surface area (Å²) in [4.78, 5) is 23.9. The summed E-state index contributed by atoms with van der Waals surface area (Å²) in [6.45, 7) is 1.36. The maximum absolute atomic E-state index is 12.0. The van der Waals surface area contributed by atoms with Crippen molar-refractivity contribution in [1.82, 2.24) is 0 Å². The molecule has 1 N–H and O–H groups in total. The molecule has 0 fully saturated rings. The highest BCUT2D eigenvalue weighted by Crippen LogP contribution is 2.21. The predicted molar refractivity (Wildman–Crippen MR) is 89.8 cm³/mol. The number of carbonyl (C=O) groups is 2. The smallest absolute Gasteiger partial charge is 0.347 e. The fraction of sp³-hybridized carbons (Fsp3) is 0.235. The van der Waals surface area contributed by atoms with Crippen molar-refractivity contribution in [3.8, 4) is 11.8 Å². The molecule has 7 heteroatoms. The molecule has 0 radical (unpaired) electrons. The van der Waals surface area contributed by atoms with E-state index >= 15 is 0 Å². The standard InChI is InChI=1S/C17H16N2O4S/c1-2-14(23-13-6-4-3-5-7-13)17(21)22-11-15(20)19-16-12(10-18)8-9-24-16/h3-9,14H,2,11H2,1H3,(H,19,20)/t14-/m1/s1. The Bertz CT molecular complexity index is 737. The number of hydrogen-bond donors (Lipinski definition) is 1. The van der Waals surface area contributed by atoms with Gasteiger partial charge in [0.05, 0.1) is 5.56 Å². The molecule has 2 rings (SSSR count). The Kier molecular flexibility index (Phi) is 6.34. The first-order valence-corrected chi connectivity index (χ1v) is 8.17. The van der Waals surface area contributed by atoms with Crippen LogP contribution in [0.25, 0.3) is 0 Å². The van der Waals surface area contributed by atoms with Crippen molar-refractivity contribution in [1.29, 1.82) is 5.26 Å². The molecule has 1 aromatic carbocycles. The number of anilines is 1. The third kappa shape index (κ3) is 4.83. The van der Waals surface area contributed by atoms with Gasteiger partial charge < -0.3 is 14.8 Å². The van der Waals surface area contributed by atoms with Gasteiger partial charge in [-0.05, 0) is 30.0 Å². The fourth-order valence-electron chi connectivity index (χ4n) is 1.85. The van der Waals surface area contributed by atoms with E-state index in [0.717, 1.165) is 0 Å². The van der Waals surface area contributed by atoms with Crippen molar-refractivity contribution >= 4 is 28.2 Å². The molecule has 0 spiro atoms. The van der Waals surface area contributed by atoms with Crippen molar-refractivity contribution in [2.75, 3.05) is 11.9 Å². The van der Waals surface area contributed by atoms with E-state index in [2.05, 4.69) is 5.32 Å². The average molecular weight is 344 g/mol. The van der Waals surface area contributed by atoms with Gasteiger partial charge >= 0.3 is 5.97 Å². The third-order valence-electron chi connectivity index (χ3n) is 3.04. The Morgan fingerprint density at radius 3 is 2.71 bits per heavy atom. The van der Waals surface area contributed by atoms with Crippen LogP contribution in [0.1, 0.15) is 18.9 Å². The molecule has 0 aliphatic heterocycles. The Morgan fingerprint density at radius 2 is 2.04 bits per heavy atom. The second kappa shape index (κ2) is 8.70. The Hall–Kier alpha value is -2.85. The first-order chi connectivity index (χ1) is 11.6. The van der Waals surface area contributed by atoms with Crippen LogP contribution in [0.15, 0.2) is 41.8 Å². The molecule has 0 bridgehead atoms. The maximum atomic E-state index is 12.0. The Labute approximate surface area is 143 Å². The topological polar surface area (TPSA) is 88.4 Å². The zero-order valence-electron chi connectivity index (χ0n) is 13.0. The van der Waals surface area contributed by atoms with Crippen LogP contribution in [0.5, 0.6) is 5.75 Å². The van der Waals surface area contributed by atoms with Crippen molar-refractivity contribution in [3.05, 3.63) is 47.3 Å². The zero-order valence-corrected chi connectivity index (χ0v) is 13.8. The number of nitriles is 1. The summed E-state index contributed by atoms with van der Waals surface area (Å²) in [5.74, 6) is -0.553. The number of nitrogens with zero attached hydrogens (tertiary/aromatic N) is 1. The first kappa shape index (κ1) is 17.5. The molecule has 0 aliphatic rings. The summed E-state index contributed by atoms with van der Waals surface area (Å²) in [5, 5.41) is 13.6. The van der Waals surface area contributed by atoms with Gasteiger partial charge in [-0.1, -0.05) is 25.1 Å². The summed E-state index contributed by atoms with van der Waals surface area (Å²) in [5.41, 5.74) is 0.374. The SMILES string of the molecule is CC[C@@H](Oc1ccccc1)C(=O)OCC(=O)Nc1sccc1C#N. The number of esters is 1. The second-order valence-electron chi connectivity index (χ2n) is 4.76. The molecule has 1 amide bonds. The lowest BCUT2D eigenvalue weighted by molar-refractivity contribution is -0.154. The van der Waals surface area contributed by atoms with Crippen molar-refractivity contribution in [3.63, 3.8) is 0 Å². The van der Waals surface area contributed by atoms with Crippen LogP contribution in [-0.4, -0.2) is 24.6 Å². The zero-order chi connectivity index (χ0) is 17.4. The minimum absolute atomic E-state index is 0.374. The molecule has 0 unspecified atom stereocenters. The van der Waals surface area contributed by atoms with E-state index in [-0.39, 0.29) is 0 Å². The largest absolute Gasteiger partial charge is 0.479 e. The van der Waals surface area contributed by atoms with E-state index < -0.39 is 24.6 Å². The highest BCUT2D eigenvalue weighted by Gasteiger charge is 2.21. The number of nitrogens with one attached hydrogen (secondary N) is 1. The van der Waals surface area contributed by atoms with Crippen LogP contribution in [0.2, 0.25) is 0 Å². The number of ether oxygens (including phenoxy) is 2. The number of para-hydroxylation sites is 1. The summed E-state index contributed by atoms with van der Waals surface area (Å²) in [6, 6.07) is 12.5. The molecule has 1 aromatic heterocycles. The van der Waals surface area contributed by atoms with E-state index in [0.29, 0.717) is 22.7 Å². The Balaban J connectivity index is 1.84. The molecule has 24 heavy (non-hydrogen) atoms. The number of hydrogen-bond acceptors (Lipinski definition) is 6. The number of thiophene rings is 1. The number of benzene rings is 1. The molecule has 0 saturated carbocycles. The maximum Gasteiger partial charge on any atom is 0.347 e. The van der Waals surface area contributed by atoms with Crippen LogP contribution < -0.4 is 10.1 Å². The molecule has 1 heterocycles. The van der Waals surface area contributed by atoms with Gasteiger partial charge in [0, 0.05) is 0 Å². The number of amides is 1. The quantitative estimate of drug-likeness (QED) is 0.780. The number of carbonyl (C=O) groups excluding carboxylic acids is 2. The van der Waals surface area contributed by atoms with Gasteiger partial charge in [0.2, 0.25) is 0 Å². The minimum Gasteiger partial charge on any atom is -0.479 e. The molecule has 1 atom stereocenters. The van der Waals surface area contributed by atoms with Crippen molar-refractivity contribution in [2.24, 2.45) is 0 Å². The van der Waals surface area contributed by atoms with E-state index in [1.165, 1.54) is 11.3 Å². The van der Waals surface area contributed by atoms with Gasteiger partial charge in [-0.15, -0.1) is 11.3 Å². The number of rotatable bonds is 7.